The number of allylic oxidation sites excluding steroid dienone is 3. The normalized spacial score (nSPS) is 25.6. The zero-order valence-corrected chi connectivity index (χ0v) is 15.7. The highest BCUT2D eigenvalue weighted by molar-refractivity contribution is 5.99. The summed E-state index contributed by atoms with van der Waals surface area (Å²) >= 11 is 0. The molecule has 1 fully saturated rings. The van der Waals surface area contributed by atoms with Gasteiger partial charge in [0.2, 0.25) is 0 Å². The Balaban J connectivity index is 1.82. The Kier molecular flexibility index (Phi) is 4.77. The monoisotopic (exact) mass is 366 g/mol. The molecule has 27 heavy (non-hydrogen) atoms. The number of fused-ring (bicyclic) bond motifs is 1. The number of nitrogens with one attached hydrogen (secondary N) is 1. The number of carbonyl (C=O) groups excluding carboxylic acids is 2. The first-order valence-electron chi connectivity index (χ1n) is 9.85. The Hall–Kier alpha value is -2.56. The Bertz CT molecular complexity index is 834. The van der Waals surface area contributed by atoms with Crippen LogP contribution in [0.1, 0.15) is 50.5 Å². The zero-order chi connectivity index (χ0) is 19.0. The van der Waals surface area contributed by atoms with Crippen LogP contribution in [0.2, 0.25) is 0 Å². The molecule has 0 aromatic heterocycles. The highest BCUT2D eigenvalue weighted by Gasteiger charge is 2.43. The molecule has 142 valence electrons. The number of rotatable bonds is 2. The van der Waals surface area contributed by atoms with Gasteiger partial charge in [-0.25, -0.2) is 0 Å². The number of hydrogen-bond acceptors (Lipinski definition) is 4. The number of Topliss-reactive ketones (excluding diaryl/α,β-unsaturated/α-hetero) is 1. The molecule has 1 amide bonds. The molecule has 0 bridgehead atoms. The van der Waals surface area contributed by atoms with Gasteiger partial charge in [0.1, 0.15) is 11.5 Å². The van der Waals surface area contributed by atoms with Crippen LogP contribution < -0.4 is 5.32 Å². The average Bonchev–Trinajstić information content (AvgIpc) is 2.67. The number of likely N-dealkylation sites (tertiary alicyclic amines) is 1. The number of phenolic OH excluding ortho intramolecular Hbond substituents is 1. The average molecular weight is 366 g/mol. The Morgan fingerprint density at radius 1 is 1.19 bits per heavy atom. The van der Waals surface area contributed by atoms with Gasteiger partial charge >= 0.3 is 0 Å². The summed E-state index contributed by atoms with van der Waals surface area (Å²) < 4.78 is 0. The number of piperidine rings is 1. The minimum atomic E-state index is -0.381. The van der Waals surface area contributed by atoms with Gasteiger partial charge in [-0.05, 0) is 50.3 Å². The van der Waals surface area contributed by atoms with E-state index in [2.05, 4.69) is 11.4 Å². The molecule has 0 radical (unpaired) electrons. The van der Waals surface area contributed by atoms with E-state index in [4.69, 9.17) is 0 Å². The third-order valence-corrected chi connectivity index (χ3v) is 5.92. The molecule has 5 nitrogen and oxygen atoms in total. The summed E-state index contributed by atoms with van der Waals surface area (Å²) in [6.45, 7) is 3.45. The SMILES string of the molecule is CC1=C(C(=O)N2CCCCC2)C(c2cccc(O)c2)C2C(=O)CCC=C2N1. The first-order valence-corrected chi connectivity index (χ1v) is 9.85. The lowest BCUT2D eigenvalue weighted by atomic mass is 9.70. The summed E-state index contributed by atoms with van der Waals surface area (Å²) in [6, 6.07) is 6.99. The summed E-state index contributed by atoms with van der Waals surface area (Å²) in [7, 11) is 0. The minimum absolute atomic E-state index is 0.0190. The number of ketones is 1. The van der Waals surface area contributed by atoms with Crippen LogP contribution in [-0.2, 0) is 9.59 Å². The number of hydrogen-bond donors (Lipinski definition) is 2. The molecule has 1 aromatic rings. The molecule has 5 heteroatoms. The molecule has 2 N–H and O–H groups in total. The molecule has 4 rings (SSSR count). The number of nitrogens with zero attached hydrogens (tertiary/aromatic N) is 1. The smallest absolute Gasteiger partial charge is 0.252 e. The van der Waals surface area contributed by atoms with Gasteiger partial charge < -0.3 is 15.3 Å². The molecule has 1 saturated heterocycles. The van der Waals surface area contributed by atoms with Gasteiger partial charge in [0, 0.05) is 42.4 Å². The topological polar surface area (TPSA) is 69.6 Å². The third-order valence-electron chi connectivity index (χ3n) is 5.92. The molecular weight excluding hydrogens is 340 g/mol. The molecule has 1 aliphatic carbocycles. The van der Waals surface area contributed by atoms with Crippen molar-refractivity contribution in [1.29, 1.82) is 0 Å². The summed E-state index contributed by atoms with van der Waals surface area (Å²) in [6.07, 6.45) is 6.51. The highest BCUT2D eigenvalue weighted by Crippen LogP contribution is 2.44. The fourth-order valence-corrected chi connectivity index (χ4v) is 4.64. The molecule has 2 atom stereocenters. The Labute approximate surface area is 159 Å². The van der Waals surface area contributed by atoms with Crippen molar-refractivity contribution in [3.05, 3.63) is 52.9 Å². The maximum Gasteiger partial charge on any atom is 0.252 e. The van der Waals surface area contributed by atoms with E-state index in [0.29, 0.717) is 12.0 Å². The van der Waals surface area contributed by atoms with Crippen molar-refractivity contribution < 1.29 is 14.7 Å². The van der Waals surface area contributed by atoms with E-state index in [1.165, 1.54) is 0 Å². The van der Waals surface area contributed by atoms with Gasteiger partial charge in [-0.1, -0.05) is 18.2 Å². The number of phenols is 1. The predicted octanol–water partition coefficient (Wildman–Crippen LogP) is 3.23. The third kappa shape index (κ3) is 3.27. The van der Waals surface area contributed by atoms with Gasteiger partial charge in [-0.15, -0.1) is 0 Å². The second kappa shape index (κ2) is 7.22. The quantitative estimate of drug-likeness (QED) is 0.843. The fourth-order valence-electron chi connectivity index (χ4n) is 4.64. The first-order chi connectivity index (χ1) is 13.1. The van der Waals surface area contributed by atoms with Gasteiger partial charge in [0.15, 0.2) is 0 Å². The van der Waals surface area contributed by atoms with E-state index in [1.54, 1.807) is 18.2 Å². The largest absolute Gasteiger partial charge is 0.508 e. The standard InChI is InChI=1S/C22H26N2O3/c1-14-19(22(27)24-11-3-2-4-12-24)20(15-7-5-8-16(25)13-15)21-17(23-14)9-6-10-18(21)26/h5,7-9,13,20-21,23,25H,2-4,6,10-12H2,1H3. The number of amides is 1. The fraction of sp³-hybridized carbons (Fsp3) is 0.455. The van der Waals surface area contributed by atoms with E-state index in [9.17, 15) is 14.7 Å². The molecular formula is C22H26N2O3. The molecule has 2 aliphatic heterocycles. The van der Waals surface area contributed by atoms with Crippen molar-refractivity contribution in [1.82, 2.24) is 10.2 Å². The van der Waals surface area contributed by atoms with Crippen LogP contribution in [0.3, 0.4) is 0 Å². The van der Waals surface area contributed by atoms with Gasteiger partial charge in [0.05, 0.1) is 5.92 Å². The van der Waals surface area contributed by atoms with Crippen molar-refractivity contribution >= 4 is 11.7 Å². The van der Waals surface area contributed by atoms with Crippen molar-refractivity contribution in [3.8, 4) is 5.75 Å². The lowest BCUT2D eigenvalue weighted by Crippen LogP contribution is -2.45. The lowest BCUT2D eigenvalue weighted by molar-refractivity contribution is -0.129. The van der Waals surface area contributed by atoms with Crippen molar-refractivity contribution in [3.63, 3.8) is 0 Å². The van der Waals surface area contributed by atoms with Crippen molar-refractivity contribution in [2.75, 3.05) is 13.1 Å². The van der Waals surface area contributed by atoms with E-state index in [1.807, 2.05) is 17.9 Å². The highest BCUT2D eigenvalue weighted by atomic mass is 16.3. The second-order valence-corrected chi connectivity index (χ2v) is 7.73. The Morgan fingerprint density at radius 2 is 1.96 bits per heavy atom. The van der Waals surface area contributed by atoms with Crippen molar-refractivity contribution in [2.45, 2.75) is 44.9 Å². The maximum atomic E-state index is 13.4. The van der Waals surface area contributed by atoms with Crippen LogP contribution >= 0.6 is 0 Å². The summed E-state index contributed by atoms with van der Waals surface area (Å²) in [5.41, 5.74) is 3.20. The lowest BCUT2D eigenvalue weighted by Gasteiger charge is -2.40. The minimum Gasteiger partial charge on any atom is -0.508 e. The van der Waals surface area contributed by atoms with Crippen LogP contribution in [-0.4, -0.2) is 34.8 Å². The number of benzene rings is 1. The zero-order valence-electron chi connectivity index (χ0n) is 15.7. The van der Waals surface area contributed by atoms with Crippen LogP contribution in [0.15, 0.2) is 47.3 Å². The van der Waals surface area contributed by atoms with Crippen molar-refractivity contribution in [2.24, 2.45) is 5.92 Å². The van der Waals surface area contributed by atoms with Crippen LogP contribution in [0.4, 0.5) is 0 Å². The molecule has 0 saturated carbocycles. The van der Waals surface area contributed by atoms with E-state index >= 15 is 0 Å². The molecule has 3 aliphatic rings. The number of carbonyl (C=O) groups is 2. The van der Waals surface area contributed by atoms with E-state index < -0.39 is 0 Å². The number of aromatic hydroxyl groups is 1. The van der Waals surface area contributed by atoms with Crippen LogP contribution in [0.25, 0.3) is 0 Å². The van der Waals surface area contributed by atoms with Gasteiger partial charge in [-0.2, -0.15) is 0 Å². The summed E-state index contributed by atoms with van der Waals surface area (Å²) in [5, 5.41) is 13.4. The molecule has 2 unspecified atom stereocenters. The van der Waals surface area contributed by atoms with Crippen LogP contribution in [0.5, 0.6) is 5.75 Å². The summed E-state index contributed by atoms with van der Waals surface area (Å²) in [5.74, 6) is -0.405. The van der Waals surface area contributed by atoms with Crippen LogP contribution in [0, 0.1) is 5.92 Å². The predicted molar refractivity (Wildman–Crippen MR) is 103 cm³/mol. The maximum absolute atomic E-state index is 13.4. The molecule has 0 spiro atoms. The first kappa shape index (κ1) is 17.8. The summed E-state index contributed by atoms with van der Waals surface area (Å²) in [4.78, 5) is 28.2. The van der Waals surface area contributed by atoms with E-state index in [0.717, 1.165) is 55.7 Å². The van der Waals surface area contributed by atoms with E-state index in [-0.39, 0.29) is 29.3 Å². The Morgan fingerprint density at radius 3 is 2.70 bits per heavy atom. The second-order valence-electron chi connectivity index (χ2n) is 7.73. The molecule has 1 aromatic carbocycles. The molecule has 2 heterocycles. The van der Waals surface area contributed by atoms with Gasteiger partial charge in [-0.3, -0.25) is 9.59 Å². The van der Waals surface area contributed by atoms with Gasteiger partial charge in [0.25, 0.3) is 5.91 Å².